The lowest BCUT2D eigenvalue weighted by Gasteiger charge is -2.47. The standard InChI is InChI=1S/C22H40N2O16/c1-24(2)6-23-10(27)3-7-11(28)12(29)16(33)21(37-7)40-19-9(5-26)38-22(17(34)14(19)31)39-18-8(4-25)36-20(35)15(32)13(18)30/h7-9,11-22,25-26,28-35H,3-6H2,1-2H3,(H,23,27)/t7?,8?,9?,11-,12+,13-,14-,15?,16?,17?,18-,19-,20-,21+,22+/m1/s1. The monoisotopic (exact) mass is 588 g/mol. The molecule has 1 amide bonds. The molecule has 3 aliphatic rings. The molecule has 40 heavy (non-hydrogen) atoms. The van der Waals surface area contributed by atoms with E-state index in [1.165, 1.54) is 0 Å². The van der Waals surface area contributed by atoms with Gasteiger partial charge in [0.25, 0.3) is 0 Å². The minimum absolute atomic E-state index is 0.181. The molecule has 3 rings (SSSR count). The molecular weight excluding hydrogens is 548 g/mol. The molecule has 3 saturated heterocycles. The van der Waals surface area contributed by atoms with E-state index in [1.54, 1.807) is 19.0 Å². The van der Waals surface area contributed by atoms with Gasteiger partial charge in [-0.2, -0.15) is 0 Å². The quantitative estimate of drug-likeness (QED) is 0.106. The van der Waals surface area contributed by atoms with Gasteiger partial charge >= 0.3 is 0 Å². The molecule has 0 radical (unpaired) electrons. The van der Waals surface area contributed by atoms with Gasteiger partial charge in [0, 0.05) is 0 Å². The van der Waals surface area contributed by atoms with Gasteiger partial charge < -0.3 is 80.1 Å². The number of hydrogen-bond donors (Lipinski definition) is 11. The molecule has 18 heteroatoms. The van der Waals surface area contributed by atoms with E-state index in [9.17, 15) is 55.9 Å². The van der Waals surface area contributed by atoms with Crippen LogP contribution in [0.1, 0.15) is 6.42 Å². The smallest absolute Gasteiger partial charge is 0.223 e. The van der Waals surface area contributed by atoms with Gasteiger partial charge in [0.2, 0.25) is 5.91 Å². The van der Waals surface area contributed by atoms with Crippen LogP contribution in [0.4, 0.5) is 0 Å². The molecule has 3 heterocycles. The van der Waals surface area contributed by atoms with Crippen molar-refractivity contribution in [2.24, 2.45) is 0 Å². The highest BCUT2D eigenvalue weighted by Crippen LogP contribution is 2.32. The summed E-state index contributed by atoms with van der Waals surface area (Å²) in [6.45, 7) is -1.43. The normalized spacial score (nSPS) is 46.4. The second-order valence-corrected chi connectivity index (χ2v) is 10.2. The van der Waals surface area contributed by atoms with Gasteiger partial charge in [0.15, 0.2) is 18.9 Å². The Morgan fingerprint density at radius 3 is 1.68 bits per heavy atom. The number of aliphatic hydroxyl groups is 10. The molecule has 234 valence electrons. The van der Waals surface area contributed by atoms with Crippen molar-refractivity contribution in [2.45, 2.75) is 98.5 Å². The molecule has 3 fully saturated rings. The maximum absolute atomic E-state index is 12.2. The number of hydrogen-bond acceptors (Lipinski definition) is 17. The zero-order valence-corrected chi connectivity index (χ0v) is 21.9. The van der Waals surface area contributed by atoms with Crippen LogP contribution in [0.25, 0.3) is 0 Å². The molecule has 0 aromatic carbocycles. The molecule has 0 bridgehead atoms. The summed E-state index contributed by atoms with van der Waals surface area (Å²) in [5.41, 5.74) is 0. The van der Waals surface area contributed by atoms with E-state index in [0.29, 0.717) is 0 Å². The molecule has 0 aromatic rings. The first-order valence-corrected chi connectivity index (χ1v) is 12.7. The Kier molecular flexibility index (Phi) is 11.9. The number of nitrogens with one attached hydrogen (secondary N) is 1. The van der Waals surface area contributed by atoms with Gasteiger partial charge in [0.1, 0.15) is 67.1 Å². The minimum Gasteiger partial charge on any atom is -0.394 e. The highest BCUT2D eigenvalue weighted by molar-refractivity contribution is 5.76. The van der Waals surface area contributed by atoms with Gasteiger partial charge in [-0.25, -0.2) is 0 Å². The summed E-state index contributed by atoms with van der Waals surface area (Å²) in [5.74, 6) is -0.544. The van der Waals surface area contributed by atoms with E-state index >= 15 is 0 Å². The van der Waals surface area contributed by atoms with Gasteiger partial charge in [0.05, 0.1) is 32.4 Å². The summed E-state index contributed by atoms with van der Waals surface area (Å²) < 4.78 is 27.0. The van der Waals surface area contributed by atoms with Gasteiger partial charge in [-0.05, 0) is 14.1 Å². The maximum atomic E-state index is 12.2. The summed E-state index contributed by atoms with van der Waals surface area (Å²) >= 11 is 0. The van der Waals surface area contributed by atoms with Gasteiger partial charge in [-0.15, -0.1) is 0 Å². The van der Waals surface area contributed by atoms with E-state index in [-0.39, 0.29) is 6.67 Å². The van der Waals surface area contributed by atoms with Crippen molar-refractivity contribution in [3.8, 4) is 0 Å². The van der Waals surface area contributed by atoms with Crippen LogP contribution in [0.5, 0.6) is 0 Å². The Morgan fingerprint density at radius 2 is 1.15 bits per heavy atom. The summed E-state index contributed by atoms with van der Waals surface area (Å²) in [7, 11) is 3.41. The first-order chi connectivity index (χ1) is 18.8. The molecule has 0 saturated carbocycles. The Hall–Kier alpha value is -1.17. The largest absolute Gasteiger partial charge is 0.394 e. The van der Waals surface area contributed by atoms with Crippen LogP contribution in [0.15, 0.2) is 0 Å². The van der Waals surface area contributed by atoms with Crippen molar-refractivity contribution < 1.29 is 79.5 Å². The third-order valence-electron chi connectivity index (χ3n) is 6.89. The number of amides is 1. The fourth-order valence-corrected chi connectivity index (χ4v) is 4.58. The molecule has 6 unspecified atom stereocenters. The van der Waals surface area contributed by atoms with E-state index < -0.39 is 118 Å². The lowest BCUT2D eigenvalue weighted by Crippen LogP contribution is -2.66. The van der Waals surface area contributed by atoms with E-state index in [2.05, 4.69) is 5.32 Å². The van der Waals surface area contributed by atoms with Gasteiger partial charge in [-0.3, -0.25) is 9.69 Å². The van der Waals surface area contributed by atoms with Crippen molar-refractivity contribution in [3.63, 3.8) is 0 Å². The van der Waals surface area contributed by atoms with E-state index in [0.717, 1.165) is 0 Å². The number of carbonyl (C=O) groups excluding carboxylic acids is 1. The van der Waals surface area contributed by atoms with Crippen molar-refractivity contribution in [3.05, 3.63) is 0 Å². The summed E-state index contributed by atoms with van der Waals surface area (Å²) in [4.78, 5) is 13.9. The first-order valence-electron chi connectivity index (χ1n) is 12.7. The summed E-state index contributed by atoms with van der Waals surface area (Å²) in [6.07, 6.45) is -26.0. The maximum Gasteiger partial charge on any atom is 0.223 e. The van der Waals surface area contributed by atoms with Crippen LogP contribution in [-0.4, -0.2) is 188 Å². The van der Waals surface area contributed by atoms with Crippen molar-refractivity contribution in [1.29, 1.82) is 0 Å². The van der Waals surface area contributed by atoms with Crippen LogP contribution < -0.4 is 5.32 Å². The van der Waals surface area contributed by atoms with Crippen LogP contribution in [-0.2, 0) is 28.5 Å². The Balaban J connectivity index is 1.69. The van der Waals surface area contributed by atoms with Crippen molar-refractivity contribution in [1.82, 2.24) is 10.2 Å². The van der Waals surface area contributed by atoms with Crippen molar-refractivity contribution >= 4 is 5.91 Å². The predicted molar refractivity (Wildman–Crippen MR) is 125 cm³/mol. The molecule has 0 spiro atoms. The lowest BCUT2D eigenvalue weighted by molar-refractivity contribution is -0.377. The number of aliphatic hydroxyl groups excluding tert-OH is 10. The van der Waals surface area contributed by atoms with E-state index in [4.69, 9.17) is 23.7 Å². The molecule has 0 aromatic heterocycles. The SMILES string of the molecule is CN(C)CNC(=O)CC1O[C@@H](O[C@@H]2C(CO)O[C@@H](O[C@@H]3C(CO)O[C@@H](O)C(O)[C@H]3O)C(O)[C@H]2O)C(O)[C@@H](O)[C@@H]1O. The second-order valence-electron chi connectivity index (χ2n) is 10.2. The number of rotatable bonds is 10. The fraction of sp³-hybridized carbons (Fsp3) is 0.955. The number of nitrogens with zero attached hydrogens (tertiary/aromatic N) is 1. The second kappa shape index (κ2) is 14.3. The number of carbonyl (C=O) groups is 1. The van der Waals surface area contributed by atoms with Crippen LogP contribution in [0, 0.1) is 0 Å². The highest BCUT2D eigenvalue weighted by Gasteiger charge is 2.53. The number of ether oxygens (including phenoxy) is 5. The van der Waals surface area contributed by atoms with Crippen LogP contribution >= 0.6 is 0 Å². The summed E-state index contributed by atoms with van der Waals surface area (Å²) in [5, 5.41) is 104. The average molecular weight is 589 g/mol. The Morgan fingerprint density at radius 1 is 0.675 bits per heavy atom. The Labute approximate surface area is 228 Å². The fourth-order valence-electron chi connectivity index (χ4n) is 4.58. The third kappa shape index (κ3) is 7.42. The van der Waals surface area contributed by atoms with Crippen LogP contribution in [0.3, 0.4) is 0 Å². The Bertz CT molecular complexity index is 807. The van der Waals surface area contributed by atoms with Gasteiger partial charge in [-0.1, -0.05) is 0 Å². The summed E-state index contributed by atoms with van der Waals surface area (Å²) in [6, 6.07) is 0. The zero-order valence-electron chi connectivity index (χ0n) is 21.9. The molecule has 3 aliphatic heterocycles. The molecule has 18 nitrogen and oxygen atoms in total. The predicted octanol–water partition coefficient (Wildman–Crippen LogP) is -7.54. The molecule has 11 N–H and O–H groups in total. The minimum atomic E-state index is -1.94. The lowest BCUT2D eigenvalue weighted by atomic mass is 9.95. The first kappa shape index (κ1) is 33.3. The van der Waals surface area contributed by atoms with Crippen molar-refractivity contribution in [2.75, 3.05) is 34.0 Å². The topological polar surface area (TPSA) is 281 Å². The highest BCUT2D eigenvalue weighted by atomic mass is 16.8. The third-order valence-corrected chi connectivity index (χ3v) is 6.89. The molecular formula is C22H40N2O16. The van der Waals surface area contributed by atoms with E-state index in [1.807, 2.05) is 0 Å². The molecule has 0 aliphatic carbocycles. The average Bonchev–Trinajstić information content (AvgIpc) is 2.92. The zero-order chi connectivity index (χ0) is 29.9. The molecule has 15 atom stereocenters. The van der Waals surface area contributed by atoms with Crippen LogP contribution in [0.2, 0.25) is 0 Å².